The molecular weight excluding hydrogens is 408 g/mol. The third-order valence-electron chi connectivity index (χ3n) is 4.97. The zero-order chi connectivity index (χ0) is 21.5. The van der Waals surface area contributed by atoms with Gasteiger partial charge in [0.2, 0.25) is 5.82 Å². The highest BCUT2D eigenvalue weighted by molar-refractivity contribution is 5.83. The van der Waals surface area contributed by atoms with Crippen molar-refractivity contribution in [2.75, 3.05) is 13.7 Å². The lowest BCUT2D eigenvalue weighted by atomic mass is 10.2. The molecular formula is C21H15F2N5O3. The average Bonchev–Trinajstić information content (AvgIpc) is 3.41. The molecule has 0 spiro atoms. The van der Waals surface area contributed by atoms with Gasteiger partial charge in [0.15, 0.2) is 0 Å². The molecule has 0 radical (unpaired) electrons. The minimum Gasteiger partial charge on any atom is -0.383 e. The first-order valence-electron chi connectivity index (χ1n) is 9.35. The van der Waals surface area contributed by atoms with Gasteiger partial charge in [0.05, 0.1) is 23.2 Å². The van der Waals surface area contributed by atoms with Crippen molar-refractivity contribution in [1.82, 2.24) is 24.1 Å². The molecule has 0 amide bonds. The summed E-state index contributed by atoms with van der Waals surface area (Å²) in [5.74, 6) is -1.68. The van der Waals surface area contributed by atoms with Crippen molar-refractivity contribution in [3.8, 4) is 23.0 Å². The summed E-state index contributed by atoms with van der Waals surface area (Å²) in [6.45, 7) is 0.689. The van der Waals surface area contributed by atoms with Crippen LogP contribution in [0.25, 0.3) is 39.5 Å². The van der Waals surface area contributed by atoms with Crippen LogP contribution in [-0.2, 0) is 11.3 Å². The molecule has 0 aliphatic rings. The maximum atomic E-state index is 14.1. The van der Waals surface area contributed by atoms with Crippen LogP contribution in [0, 0.1) is 11.6 Å². The summed E-state index contributed by atoms with van der Waals surface area (Å²) in [7, 11) is 1.56. The number of benzene rings is 2. The molecule has 156 valence electrons. The Morgan fingerprint density at radius 2 is 1.94 bits per heavy atom. The van der Waals surface area contributed by atoms with Gasteiger partial charge in [-0.2, -0.15) is 4.98 Å². The average molecular weight is 423 g/mol. The highest BCUT2D eigenvalue weighted by Gasteiger charge is 2.22. The number of hydrogen-bond donors (Lipinski definition) is 0. The van der Waals surface area contributed by atoms with E-state index in [9.17, 15) is 13.6 Å². The second-order valence-electron chi connectivity index (χ2n) is 6.80. The Balaban J connectivity index is 1.71. The van der Waals surface area contributed by atoms with E-state index in [4.69, 9.17) is 9.26 Å². The van der Waals surface area contributed by atoms with Crippen LogP contribution in [0.2, 0.25) is 0 Å². The molecule has 0 unspecified atom stereocenters. The van der Waals surface area contributed by atoms with Gasteiger partial charge < -0.3 is 13.8 Å². The number of halogens is 2. The SMILES string of the molecule is COCCn1c(=O)c2c(-c3noc(-c4ccc(F)cc4F)n3)ncn2c2ccccc21. The van der Waals surface area contributed by atoms with E-state index in [-0.39, 0.29) is 34.0 Å². The third-order valence-corrected chi connectivity index (χ3v) is 4.97. The normalized spacial score (nSPS) is 11.6. The molecule has 0 fully saturated rings. The molecule has 10 heteroatoms. The van der Waals surface area contributed by atoms with Crippen LogP contribution in [-0.4, -0.2) is 37.8 Å². The summed E-state index contributed by atoms with van der Waals surface area (Å²) in [4.78, 5) is 21.8. The molecule has 0 saturated carbocycles. The van der Waals surface area contributed by atoms with Gasteiger partial charge in [-0.1, -0.05) is 17.3 Å². The minimum absolute atomic E-state index is 0.0203. The lowest BCUT2D eigenvalue weighted by Gasteiger charge is -2.11. The van der Waals surface area contributed by atoms with Gasteiger partial charge in [-0.15, -0.1) is 0 Å². The summed E-state index contributed by atoms with van der Waals surface area (Å²) < 4.78 is 40.9. The van der Waals surface area contributed by atoms with Crippen molar-refractivity contribution < 1.29 is 18.0 Å². The van der Waals surface area contributed by atoms with Crippen LogP contribution in [0.1, 0.15) is 0 Å². The van der Waals surface area contributed by atoms with Gasteiger partial charge in [0.25, 0.3) is 11.4 Å². The van der Waals surface area contributed by atoms with E-state index in [0.717, 1.165) is 23.2 Å². The van der Waals surface area contributed by atoms with Crippen LogP contribution in [0.15, 0.2) is 58.1 Å². The maximum Gasteiger partial charge on any atom is 0.277 e. The van der Waals surface area contributed by atoms with Crippen molar-refractivity contribution in [3.05, 3.63) is 70.8 Å². The van der Waals surface area contributed by atoms with Crippen molar-refractivity contribution in [1.29, 1.82) is 0 Å². The van der Waals surface area contributed by atoms with Crippen molar-refractivity contribution >= 4 is 16.6 Å². The van der Waals surface area contributed by atoms with Crippen molar-refractivity contribution in [3.63, 3.8) is 0 Å². The number of rotatable bonds is 5. The van der Waals surface area contributed by atoms with Crippen LogP contribution < -0.4 is 5.56 Å². The smallest absolute Gasteiger partial charge is 0.277 e. The first-order chi connectivity index (χ1) is 15.1. The summed E-state index contributed by atoms with van der Waals surface area (Å²) in [6, 6.07) is 10.4. The summed E-state index contributed by atoms with van der Waals surface area (Å²) in [6.07, 6.45) is 1.50. The van der Waals surface area contributed by atoms with E-state index in [1.807, 2.05) is 24.3 Å². The molecule has 0 saturated heterocycles. The molecule has 3 aromatic heterocycles. The van der Waals surface area contributed by atoms with Crippen LogP contribution in [0.4, 0.5) is 8.78 Å². The quantitative estimate of drug-likeness (QED) is 0.431. The number of methoxy groups -OCH3 is 1. The molecule has 5 aromatic rings. The number of aromatic nitrogens is 5. The lowest BCUT2D eigenvalue weighted by molar-refractivity contribution is 0.187. The molecule has 3 heterocycles. The Morgan fingerprint density at radius 3 is 2.71 bits per heavy atom. The molecule has 2 aromatic carbocycles. The first kappa shape index (κ1) is 19.1. The summed E-state index contributed by atoms with van der Waals surface area (Å²) in [5.41, 5.74) is 1.58. The second kappa shape index (κ2) is 7.40. The number of fused-ring (bicyclic) bond motifs is 3. The lowest BCUT2D eigenvalue weighted by Crippen LogP contribution is -2.25. The number of imidazole rings is 1. The monoisotopic (exact) mass is 423 g/mol. The number of hydrogen-bond acceptors (Lipinski definition) is 6. The van der Waals surface area contributed by atoms with E-state index in [0.29, 0.717) is 13.2 Å². The predicted molar refractivity (Wildman–Crippen MR) is 107 cm³/mol. The molecule has 8 nitrogen and oxygen atoms in total. The van der Waals surface area contributed by atoms with Crippen LogP contribution >= 0.6 is 0 Å². The molecule has 0 aliphatic heterocycles. The topological polar surface area (TPSA) is 87.5 Å². The van der Waals surface area contributed by atoms with E-state index in [2.05, 4.69) is 15.1 Å². The molecule has 0 atom stereocenters. The van der Waals surface area contributed by atoms with Gasteiger partial charge in [-0.05, 0) is 24.3 Å². The Bertz CT molecular complexity index is 1490. The summed E-state index contributed by atoms with van der Waals surface area (Å²) in [5, 5.41) is 3.87. The fourth-order valence-corrected chi connectivity index (χ4v) is 3.53. The highest BCUT2D eigenvalue weighted by Crippen LogP contribution is 2.27. The van der Waals surface area contributed by atoms with E-state index >= 15 is 0 Å². The van der Waals surface area contributed by atoms with Gasteiger partial charge in [-0.3, -0.25) is 9.20 Å². The highest BCUT2D eigenvalue weighted by atomic mass is 19.1. The molecule has 0 bridgehead atoms. The van der Waals surface area contributed by atoms with Crippen LogP contribution in [0.3, 0.4) is 0 Å². The van der Waals surface area contributed by atoms with Gasteiger partial charge in [0.1, 0.15) is 29.2 Å². The zero-order valence-electron chi connectivity index (χ0n) is 16.2. The Labute approximate surface area is 173 Å². The van der Waals surface area contributed by atoms with Crippen molar-refractivity contribution in [2.45, 2.75) is 6.54 Å². The number of ether oxygens (including phenoxy) is 1. The maximum absolute atomic E-state index is 14.1. The number of para-hydroxylation sites is 2. The Hall–Kier alpha value is -3.92. The van der Waals surface area contributed by atoms with E-state index in [1.54, 1.807) is 16.1 Å². The predicted octanol–water partition coefficient (Wildman–Crippen LogP) is 3.29. The minimum atomic E-state index is -0.835. The van der Waals surface area contributed by atoms with E-state index in [1.165, 1.54) is 12.4 Å². The molecule has 0 N–H and O–H groups in total. The standard InChI is InChI=1S/C21H15F2N5O3/c1-30-9-8-27-15-4-2-3-5-16(15)28-11-24-17(18(28)21(27)29)19-25-20(31-26-19)13-7-6-12(22)10-14(13)23/h2-7,10-11H,8-9H2,1H3. The Kier molecular flexibility index (Phi) is 4.55. The van der Waals surface area contributed by atoms with Gasteiger partial charge >= 0.3 is 0 Å². The molecule has 31 heavy (non-hydrogen) atoms. The fraction of sp³-hybridized carbons (Fsp3) is 0.143. The number of nitrogens with zero attached hydrogens (tertiary/aromatic N) is 5. The van der Waals surface area contributed by atoms with E-state index < -0.39 is 11.6 Å². The first-order valence-corrected chi connectivity index (χ1v) is 9.35. The van der Waals surface area contributed by atoms with Crippen molar-refractivity contribution in [2.24, 2.45) is 0 Å². The largest absolute Gasteiger partial charge is 0.383 e. The second-order valence-corrected chi connectivity index (χ2v) is 6.80. The fourth-order valence-electron chi connectivity index (χ4n) is 3.53. The third kappa shape index (κ3) is 3.08. The van der Waals surface area contributed by atoms with Gasteiger partial charge in [0, 0.05) is 19.7 Å². The van der Waals surface area contributed by atoms with Gasteiger partial charge in [-0.25, -0.2) is 13.8 Å². The van der Waals surface area contributed by atoms with Crippen LogP contribution in [0.5, 0.6) is 0 Å². The molecule has 0 aliphatic carbocycles. The molecule has 5 rings (SSSR count). The summed E-state index contributed by atoms with van der Waals surface area (Å²) >= 11 is 0. The Morgan fingerprint density at radius 1 is 1.13 bits per heavy atom. The zero-order valence-corrected chi connectivity index (χ0v) is 16.2.